The van der Waals surface area contributed by atoms with Gasteiger partial charge in [0.2, 0.25) is 0 Å². The highest BCUT2D eigenvalue weighted by Crippen LogP contribution is 2.25. The van der Waals surface area contributed by atoms with Gasteiger partial charge in [-0.3, -0.25) is 9.11 Å². The molecule has 1 fully saturated rings. The third-order valence-electron chi connectivity index (χ3n) is 3.19. The van der Waals surface area contributed by atoms with Crippen LogP contribution in [0.2, 0.25) is 0 Å². The van der Waals surface area contributed by atoms with Crippen molar-refractivity contribution in [2.24, 2.45) is 0 Å². The molecule has 0 saturated carbocycles. The second kappa shape index (κ2) is 7.15. The molecule has 120 valence electrons. The summed E-state index contributed by atoms with van der Waals surface area (Å²) in [4.78, 5) is 14.0. The fraction of sp³-hybridized carbons (Fsp3) is 0.429. The van der Waals surface area contributed by atoms with Crippen LogP contribution in [-0.4, -0.2) is 40.2 Å². The molecule has 0 bridgehead atoms. The van der Waals surface area contributed by atoms with Crippen molar-refractivity contribution in [1.29, 1.82) is 0 Å². The summed E-state index contributed by atoms with van der Waals surface area (Å²) in [5.74, 6) is -0.242. The molecule has 2 rings (SSSR count). The Morgan fingerprint density at radius 2 is 2.32 bits per heavy atom. The number of nitrogens with zero attached hydrogens (tertiary/aromatic N) is 1. The average Bonchev–Trinajstić information content (AvgIpc) is 2.85. The van der Waals surface area contributed by atoms with Gasteiger partial charge in [-0.1, -0.05) is 19.1 Å². The average molecular weight is 344 g/mol. The topological polar surface area (TPSA) is 58.6 Å². The molecular weight excluding hydrogens is 327 g/mol. The molecule has 1 heterocycles. The van der Waals surface area contributed by atoms with E-state index in [0.29, 0.717) is 29.5 Å². The summed E-state index contributed by atoms with van der Waals surface area (Å²) >= 11 is 4.91. The lowest BCUT2D eigenvalue weighted by Gasteiger charge is -2.14. The highest BCUT2D eigenvalue weighted by Gasteiger charge is 2.32. The van der Waals surface area contributed by atoms with Crippen LogP contribution in [-0.2, 0) is 15.5 Å². The molecule has 1 N–H and O–H groups in total. The van der Waals surface area contributed by atoms with Crippen molar-refractivity contribution < 1.29 is 18.1 Å². The number of ether oxygens (including phenoxy) is 1. The second-order valence-corrected chi connectivity index (χ2v) is 7.12. The summed E-state index contributed by atoms with van der Waals surface area (Å²) in [5.41, 5.74) is 0.390. The Kier molecular flexibility index (Phi) is 5.47. The number of hydrogen-bond donors (Lipinski definition) is 1. The van der Waals surface area contributed by atoms with Gasteiger partial charge >= 0.3 is 6.09 Å². The fourth-order valence-electron chi connectivity index (χ4n) is 2.09. The normalized spacial score (nSPS) is 19.0. The van der Waals surface area contributed by atoms with Gasteiger partial charge in [0.05, 0.1) is 39.5 Å². The molecule has 0 radical (unpaired) electrons. The van der Waals surface area contributed by atoms with Crippen molar-refractivity contribution in [3.8, 4) is 0 Å². The first-order valence-corrected chi connectivity index (χ1v) is 8.55. The van der Waals surface area contributed by atoms with Crippen molar-refractivity contribution in [1.82, 2.24) is 5.32 Å². The minimum absolute atomic E-state index is 0.147. The number of cyclic esters (lactones) is 1. The predicted octanol–water partition coefficient (Wildman–Crippen LogP) is 2.22. The minimum Gasteiger partial charge on any atom is -0.442 e. The van der Waals surface area contributed by atoms with Gasteiger partial charge < -0.3 is 10.1 Å². The maximum absolute atomic E-state index is 14.0. The number of nitrogens with one attached hydrogen (secondary N) is 1. The molecule has 1 aliphatic rings. The number of carbonyl (C=O) groups excluding carboxylic acids is 1. The van der Waals surface area contributed by atoms with Crippen LogP contribution in [0, 0.1) is 5.82 Å². The number of carbonyl (C=O) groups is 1. The summed E-state index contributed by atoms with van der Waals surface area (Å²) in [5, 5.41) is 2.94. The van der Waals surface area contributed by atoms with Gasteiger partial charge in [0.15, 0.2) is 0 Å². The Hall–Kier alpha value is -1.54. The summed E-state index contributed by atoms with van der Waals surface area (Å²) in [7, 11) is -1.37. The van der Waals surface area contributed by atoms with Crippen molar-refractivity contribution in [2.45, 2.75) is 24.8 Å². The summed E-state index contributed by atoms with van der Waals surface area (Å²) in [6.45, 7) is 4.19. The number of hydrogen-bond acceptors (Lipinski definition) is 4. The van der Waals surface area contributed by atoms with Gasteiger partial charge in [-0.05, 0) is 25.1 Å². The van der Waals surface area contributed by atoms with E-state index in [1.165, 1.54) is 17.0 Å². The zero-order chi connectivity index (χ0) is 16.3. The van der Waals surface area contributed by atoms with E-state index in [-0.39, 0.29) is 11.0 Å². The fourth-order valence-corrected chi connectivity index (χ4v) is 2.98. The monoisotopic (exact) mass is 344 g/mol. The Labute approximate surface area is 136 Å². The van der Waals surface area contributed by atoms with Gasteiger partial charge in [-0.2, -0.15) is 0 Å². The van der Waals surface area contributed by atoms with E-state index in [1.807, 2.05) is 0 Å². The van der Waals surface area contributed by atoms with Crippen LogP contribution in [0.5, 0.6) is 0 Å². The Bertz CT molecular complexity index is 624. The Balaban J connectivity index is 2.12. The lowest BCUT2D eigenvalue weighted by Crippen LogP contribution is -2.32. The quantitative estimate of drug-likeness (QED) is 0.830. The van der Waals surface area contributed by atoms with Crippen LogP contribution in [0.1, 0.15) is 13.8 Å². The number of anilines is 1. The number of halogens is 1. The molecule has 1 amide bonds. The van der Waals surface area contributed by atoms with Gasteiger partial charge in [-0.25, -0.2) is 9.18 Å². The predicted molar refractivity (Wildman–Crippen MR) is 87.2 cm³/mol. The second-order valence-electron chi connectivity index (χ2n) is 4.80. The summed E-state index contributed by atoms with van der Waals surface area (Å²) in [6, 6.07) is 4.24. The number of benzene rings is 1. The molecule has 1 aliphatic heterocycles. The first kappa shape index (κ1) is 16.8. The molecule has 22 heavy (non-hydrogen) atoms. The smallest absolute Gasteiger partial charge is 0.414 e. The van der Waals surface area contributed by atoms with Crippen LogP contribution in [0.4, 0.5) is 14.9 Å². The molecule has 0 aliphatic carbocycles. The van der Waals surface area contributed by atoms with E-state index in [1.54, 1.807) is 19.9 Å². The van der Waals surface area contributed by atoms with Crippen molar-refractivity contribution in [3.63, 3.8) is 0 Å². The molecule has 8 heteroatoms. The largest absolute Gasteiger partial charge is 0.442 e. The molecule has 2 atom stereocenters. The maximum atomic E-state index is 14.0. The molecule has 5 nitrogen and oxygen atoms in total. The van der Waals surface area contributed by atoms with E-state index < -0.39 is 22.7 Å². The molecule has 1 saturated heterocycles. The standard InChI is InChI=1S/C14H17FN2O3S2/c1-3-22(19)13-5-4-10(6-12(13)15)17-8-11(20-14(17)18)7-16-9(2)21/h4-6,11H,3,7-8H2,1-2H3,(H,16,21)/t11-,22?/m0/s1. The minimum atomic E-state index is -1.37. The van der Waals surface area contributed by atoms with Crippen molar-refractivity contribution in [2.75, 3.05) is 23.7 Å². The molecule has 1 aromatic rings. The molecule has 0 aromatic heterocycles. The van der Waals surface area contributed by atoms with Gasteiger partial charge in [-0.15, -0.1) is 0 Å². The zero-order valence-corrected chi connectivity index (χ0v) is 13.9. The van der Waals surface area contributed by atoms with E-state index in [0.717, 1.165) is 0 Å². The van der Waals surface area contributed by atoms with Crippen LogP contribution in [0.15, 0.2) is 23.1 Å². The van der Waals surface area contributed by atoms with E-state index in [4.69, 9.17) is 17.0 Å². The first-order chi connectivity index (χ1) is 10.4. The highest BCUT2D eigenvalue weighted by atomic mass is 32.2. The summed E-state index contributed by atoms with van der Waals surface area (Å²) < 4.78 is 30.9. The lowest BCUT2D eigenvalue weighted by atomic mass is 10.2. The Morgan fingerprint density at radius 1 is 1.59 bits per heavy atom. The SMILES string of the molecule is CCS(=O)c1ccc(N2C[C@H](CNC(C)=S)OC2=O)cc1F. The van der Waals surface area contributed by atoms with Gasteiger partial charge in [0.25, 0.3) is 0 Å². The first-order valence-electron chi connectivity index (χ1n) is 6.83. The van der Waals surface area contributed by atoms with Gasteiger partial charge in [0.1, 0.15) is 11.9 Å². The summed E-state index contributed by atoms with van der Waals surface area (Å²) in [6.07, 6.45) is -0.879. The van der Waals surface area contributed by atoms with E-state index in [9.17, 15) is 13.4 Å². The van der Waals surface area contributed by atoms with E-state index >= 15 is 0 Å². The van der Waals surface area contributed by atoms with E-state index in [2.05, 4.69) is 5.32 Å². The van der Waals surface area contributed by atoms with Crippen LogP contribution >= 0.6 is 12.2 Å². The third-order valence-corrected chi connectivity index (χ3v) is 4.68. The number of thiocarbonyl (C=S) groups is 1. The van der Waals surface area contributed by atoms with Crippen LogP contribution < -0.4 is 10.2 Å². The Morgan fingerprint density at radius 3 is 2.91 bits per heavy atom. The molecule has 0 spiro atoms. The molecule has 1 unspecified atom stereocenters. The third kappa shape index (κ3) is 3.80. The molecule has 1 aromatic carbocycles. The number of amides is 1. The van der Waals surface area contributed by atoms with Crippen molar-refractivity contribution >= 4 is 39.8 Å². The van der Waals surface area contributed by atoms with Crippen LogP contribution in [0.3, 0.4) is 0 Å². The lowest BCUT2D eigenvalue weighted by molar-refractivity contribution is 0.143. The van der Waals surface area contributed by atoms with Gasteiger partial charge in [0, 0.05) is 5.75 Å². The molecular formula is C14H17FN2O3S2. The number of rotatable bonds is 5. The van der Waals surface area contributed by atoms with Crippen LogP contribution in [0.25, 0.3) is 0 Å². The zero-order valence-electron chi connectivity index (χ0n) is 12.3. The van der Waals surface area contributed by atoms with Crippen molar-refractivity contribution in [3.05, 3.63) is 24.0 Å². The highest BCUT2D eigenvalue weighted by molar-refractivity contribution is 7.85. The maximum Gasteiger partial charge on any atom is 0.414 e.